The summed E-state index contributed by atoms with van der Waals surface area (Å²) in [5, 5.41) is 10.3. The second kappa shape index (κ2) is 9.85. The number of aromatic carboxylic acids is 1. The number of hydrogen-bond donors (Lipinski definition) is 1. The molecular formula is C29H37N5O4. The minimum atomic E-state index is -0.907. The maximum atomic E-state index is 12.5. The Balaban J connectivity index is 1.25. The molecule has 5 rings (SSSR count). The highest BCUT2D eigenvalue weighted by molar-refractivity contribution is 5.88. The van der Waals surface area contributed by atoms with Gasteiger partial charge < -0.3 is 29.1 Å². The number of ether oxygens (including phenoxy) is 1. The first kappa shape index (κ1) is 25.9. The molecule has 3 aromatic rings. The molecule has 2 fully saturated rings. The molecule has 3 heterocycles. The number of carbonyl (C=O) groups is 2. The molecule has 0 atom stereocenters. The molecule has 38 heavy (non-hydrogen) atoms. The summed E-state index contributed by atoms with van der Waals surface area (Å²) < 4.78 is 7.83. The van der Waals surface area contributed by atoms with E-state index in [1.54, 1.807) is 17.0 Å². The van der Waals surface area contributed by atoms with Crippen molar-refractivity contribution in [3.8, 4) is 0 Å². The van der Waals surface area contributed by atoms with Gasteiger partial charge in [-0.1, -0.05) is 0 Å². The van der Waals surface area contributed by atoms with Crippen molar-refractivity contribution in [1.29, 1.82) is 0 Å². The Morgan fingerprint density at radius 3 is 2.24 bits per heavy atom. The molecule has 1 amide bonds. The fraction of sp³-hybridized carbons (Fsp3) is 0.483. The molecule has 0 bridgehead atoms. The number of carboxylic acid groups (broad SMARTS) is 1. The molecule has 2 aromatic heterocycles. The van der Waals surface area contributed by atoms with Gasteiger partial charge in [-0.15, -0.1) is 0 Å². The maximum Gasteiger partial charge on any atom is 0.410 e. The Bertz CT molecular complexity index is 1330. The highest BCUT2D eigenvalue weighted by Crippen LogP contribution is 2.39. The van der Waals surface area contributed by atoms with Gasteiger partial charge in [0.1, 0.15) is 17.1 Å². The van der Waals surface area contributed by atoms with Crippen LogP contribution in [0.2, 0.25) is 0 Å². The Morgan fingerprint density at radius 1 is 1.00 bits per heavy atom. The van der Waals surface area contributed by atoms with Crippen LogP contribution < -0.4 is 9.80 Å². The third kappa shape index (κ3) is 5.14. The predicted molar refractivity (Wildman–Crippen MR) is 148 cm³/mol. The van der Waals surface area contributed by atoms with Crippen LogP contribution >= 0.6 is 0 Å². The summed E-state index contributed by atoms with van der Waals surface area (Å²) in [5.74, 6) is 0.0646. The first-order valence-electron chi connectivity index (χ1n) is 13.3. The SMILES string of the molecule is Cc1cn(C2CC(N(C)C(=O)OC(C)(C)C)C2)c2nc(N3CCN(c4ccc(C(=O)O)cc4)CC3)ccc12. The van der Waals surface area contributed by atoms with Crippen LogP contribution in [0, 0.1) is 6.92 Å². The summed E-state index contributed by atoms with van der Waals surface area (Å²) in [7, 11) is 1.82. The van der Waals surface area contributed by atoms with E-state index in [9.17, 15) is 9.59 Å². The smallest absolute Gasteiger partial charge is 0.410 e. The Hall–Kier alpha value is -3.75. The number of pyridine rings is 1. The van der Waals surface area contributed by atoms with Crippen molar-refractivity contribution in [2.24, 2.45) is 0 Å². The molecule has 1 saturated heterocycles. The van der Waals surface area contributed by atoms with E-state index in [4.69, 9.17) is 14.8 Å². The van der Waals surface area contributed by atoms with E-state index in [2.05, 4.69) is 39.6 Å². The van der Waals surface area contributed by atoms with Crippen LogP contribution in [0.15, 0.2) is 42.6 Å². The van der Waals surface area contributed by atoms with Gasteiger partial charge in [0.15, 0.2) is 0 Å². The van der Waals surface area contributed by atoms with Crippen LogP contribution in [0.5, 0.6) is 0 Å². The van der Waals surface area contributed by atoms with Crippen molar-refractivity contribution in [3.05, 3.63) is 53.7 Å². The zero-order valence-corrected chi connectivity index (χ0v) is 22.8. The van der Waals surface area contributed by atoms with Crippen molar-refractivity contribution < 1.29 is 19.4 Å². The van der Waals surface area contributed by atoms with E-state index in [-0.39, 0.29) is 12.1 Å². The quantitative estimate of drug-likeness (QED) is 0.511. The number of aryl methyl sites for hydroxylation is 1. The number of hydrogen-bond acceptors (Lipinski definition) is 6. The lowest BCUT2D eigenvalue weighted by Crippen LogP contribution is -2.47. The monoisotopic (exact) mass is 519 g/mol. The molecule has 0 spiro atoms. The van der Waals surface area contributed by atoms with Crippen molar-refractivity contribution in [3.63, 3.8) is 0 Å². The molecule has 1 saturated carbocycles. The second-order valence-electron chi connectivity index (χ2n) is 11.5. The minimum Gasteiger partial charge on any atom is -0.478 e. The molecule has 9 nitrogen and oxygen atoms in total. The molecule has 1 aliphatic carbocycles. The van der Waals surface area contributed by atoms with Crippen molar-refractivity contribution in [2.75, 3.05) is 43.0 Å². The molecule has 9 heteroatoms. The van der Waals surface area contributed by atoms with Crippen LogP contribution in [0.4, 0.5) is 16.3 Å². The molecule has 0 radical (unpaired) electrons. The summed E-state index contributed by atoms with van der Waals surface area (Å²) in [6.07, 6.45) is 3.68. The van der Waals surface area contributed by atoms with Crippen molar-refractivity contribution in [1.82, 2.24) is 14.5 Å². The van der Waals surface area contributed by atoms with Crippen LogP contribution in [0.25, 0.3) is 11.0 Å². The topological polar surface area (TPSA) is 91.1 Å². The molecule has 1 N–H and O–H groups in total. The zero-order valence-electron chi connectivity index (χ0n) is 22.8. The van der Waals surface area contributed by atoms with Gasteiger partial charge in [-0.25, -0.2) is 14.6 Å². The number of anilines is 2. The fourth-order valence-corrected chi connectivity index (χ4v) is 5.33. The van der Waals surface area contributed by atoms with E-state index >= 15 is 0 Å². The molecule has 202 valence electrons. The van der Waals surface area contributed by atoms with Crippen molar-refractivity contribution >= 4 is 34.6 Å². The molecule has 2 aliphatic rings. The third-order valence-corrected chi connectivity index (χ3v) is 7.66. The lowest BCUT2D eigenvalue weighted by Gasteiger charge is -2.42. The van der Waals surface area contributed by atoms with Gasteiger partial charge in [0.05, 0.1) is 5.56 Å². The number of aromatic nitrogens is 2. The zero-order chi connectivity index (χ0) is 27.2. The number of fused-ring (bicyclic) bond motifs is 1. The largest absolute Gasteiger partial charge is 0.478 e. The summed E-state index contributed by atoms with van der Waals surface area (Å²) >= 11 is 0. The van der Waals surface area contributed by atoms with Crippen LogP contribution in [0.1, 0.15) is 55.6 Å². The van der Waals surface area contributed by atoms with Crippen LogP contribution in [0.3, 0.4) is 0 Å². The standard InChI is InChI=1S/C29H37N5O4/c1-19-18-34(23-16-22(17-23)31(5)28(37)38-29(2,3)4)26-24(19)10-11-25(30-26)33-14-12-32(13-15-33)21-8-6-20(7-9-21)27(35)36/h6-11,18,22-23H,12-17H2,1-5H3,(H,35,36). The van der Waals surface area contributed by atoms with Gasteiger partial charge in [-0.2, -0.15) is 0 Å². The van der Waals surface area contributed by atoms with Gasteiger partial charge in [0, 0.05) is 62.6 Å². The summed E-state index contributed by atoms with van der Waals surface area (Å²) in [6, 6.07) is 11.8. The Kier molecular flexibility index (Phi) is 6.71. The fourth-order valence-electron chi connectivity index (χ4n) is 5.33. The van der Waals surface area contributed by atoms with Crippen molar-refractivity contribution in [2.45, 2.75) is 58.2 Å². The number of carboxylic acids is 1. The van der Waals surface area contributed by atoms with E-state index < -0.39 is 11.6 Å². The maximum absolute atomic E-state index is 12.5. The van der Waals surface area contributed by atoms with E-state index in [0.717, 1.165) is 61.6 Å². The second-order valence-corrected chi connectivity index (χ2v) is 11.5. The normalized spacial score (nSPS) is 19.8. The summed E-state index contributed by atoms with van der Waals surface area (Å²) in [5.41, 5.74) is 3.04. The molecular weight excluding hydrogens is 482 g/mol. The highest BCUT2D eigenvalue weighted by atomic mass is 16.6. The number of benzene rings is 1. The Morgan fingerprint density at radius 2 is 1.63 bits per heavy atom. The average molecular weight is 520 g/mol. The number of nitrogens with zero attached hydrogens (tertiary/aromatic N) is 5. The number of rotatable bonds is 5. The number of amides is 1. The third-order valence-electron chi connectivity index (χ3n) is 7.66. The average Bonchev–Trinajstić information content (AvgIpc) is 3.17. The van der Waals surface area contributed by atoms with Crippen LogP contribution in [-0.4, -0.2) is 76.5 Å². The van der Waals surface area contributed by atoms with Gasteiger partial charge in [0.25, 0.3) is 0 Å². The molecule has 1 aliphatic heterocycles. The molecule has 0 unspecified atom stereocenters. The number of carbonyl (C=O) groups excluding carboxylic acids is 1. The van der Waals surface area contributed by atoms with Crippen LogP contribution in [-0.2, 0) is 4.74 Å². The van der Waals surface area contributed by atoms with Gasteiger partial charge in [0.2, 0.25) is 0 Å². The number of piperazine rings is 1. The minimum absolute atomic E-state index is 0.161. The lowest BCUT2D eigenvalue weighted by atomic mass is 9.85. The van der Waals surface area contributed by atoms with Gasteiger partial charge >= 0.3 is 12.1 Å². The lowest BCUT2D eigenvalue weighted by molar-refractivity contribution is 0.00807. The highest BCUT2D eigenvalue weighted by Gasteiger charge is 2.37. The van der Waals surface area contributed by atoms with E-state index in [1.165, 1.54) is 5.56 Å². The predicted octanol–water partition coefficient (Wildman–Crippen LogP) is 4.94. The van der Waals surface area contributed by atoms with Gasteiger partial charge in [-0.05, 0) is 82.5 Å². The van der Waals surface area contributed by atoms with Gasteiger partial charge in [-0.3, -0.25) is 0 Å². The first-order chi connectivity index (χ1) is 18.0. The summed E-state index contributed by atoms with van der Waals surface area (Å²) in [6.45, 7) is 11.1. The van der Waals surface area contributed by atoms with E-state index in [1.807, 2.05) is 40.0 Å². The molecule has 1 aromatic carbocycles. The Labute approximate surface area is 223 Å². The summed E-state index contributed by atoms with van der Waals surface area (Å²) in [4.78, 5) is 35.0. The first-order valence-corrected chi connectivity index (χ1v) is 13.3. The van der Waals surface area contributed by atoms with E-state index in [0.29, 0.717) is 11.6 Å².